The van der Waals surface area contributed by atoms with Crippen LogP contribution in [0.15, 0.2) is 41.4 Å². The maximum atomic E-state index is 5.26. The molecule has 1 aromatic heterocycles. The smallest absolute Gasteiger partial charge is 0.191 e. The summed E-state index contributed by atoms with van der Waals surface area (Å²) < 4.78 is 5.26. The quantitative estimate of drug-likeness (QED) is 0.604. The van der Waals surface area contributed by atoms with Gasteiger partial charge in [-0.05, 0) is 50.1 Å². The molecule has 2 aromatic rings. The van der Waals surface area contributed by atoms with Crippen LogP contribution in [0.5, 0.6) is 5.75 Å². The number of nitrogens with zero attached hydrogens (tertiary/aromatic N) is 1. The van der Waals surface area contributed by atoms with Crippen LogP contribution >= 0.6 is 11.3 Å². The van der Waals surface area contributed by atoms with Crippen molar-refractivity contribution in [1.82, 2.24) is 10.6 Å². The Kier molecular flexibility index (Phi) is 6.94. The van der Waals surface area contributed by atoms with E-state index < -0.39 is 0 Å². The van der Waals surface area contributed by atoms with Gasteiger partial charge in [0.2, 0.25) is 0 Å². The molecular formula is C18H25N3OS. The second-order valence-electron chi connectivity index (χ2n) is 5.24. The van der Waals surface area contributed by atoms with Crippen molar-refractivity contribution >= 4 is 17.3 Å². The molecule has 0 saturated carbocycles. The Morgan fingerprint density at radius 2 is 2.09 bits per heavy atom. The summed E-state index contributed by atoms with van der Waals surface area (Å²) in [6.45, 7) is 6.61. The van der Waals surface area contributed by atoms with Crippen LogP contribution in [0.1, 0.15) is 22.2 Å². The summed E-state index contributed by atoms with van der Waals surface area (Å²) in [6, 6.07) is 12.4. The number of ether oxygens (including phenoxy) is 1. The Hall–Kier alpha value is -2.01. The number of nitrogens with one attached hydrogen (secondary N) is 2. The van der Waals surface area contributed by atoms with Gasteiger partial charge in [-0.1, -0.05) is 12.1 Å². The van der Waals surface area contributed by atoms with Crippen molar-refractivity contribution < 1.29 is 4.74 Å². The molecule has 23 heavy (non-hydrogen) atoms. The van der Waals surface area contributed by atoms with E-state index in [-0.39, 0.29) is 0 Å². The molecule has 0 fully saturated rings. The standard InChI is InChI=1S/C18H25N3OS/c1-4-19-18(21-13-17-9-8-14(2)23-17)20-11-10-15-6-5-7-16(12-15)22-3/h5-9,12H,4,10-11,13H2,1-3H3,(H2,19,20,21). The number of guanidine groups is 1. The van der Waals surface area contributed by atoms with E-state index in [1.54, 1.807) is 18.4 Å². The van der Waals surface area contributed by atoms with Gasteiger partial charge in [0.1, 0.15) is 5.75 Å². The van der Waals surface area contributed by atoms with Gasteiger partial charge in [-0.2, -0.15) is 0 Å². The average Bonchev–Trinajstić information content (AvgIpc) is 2.98. The topological polar surface area (TPSA) is 45.7 Å². The highest BCUT2D eigenvalue weighted by Crippen LogP contribution is 2.15. The molecule has 0 aliphatic heterocycles. The lowest BCUT2D eigenvalue weighted by Gasteiger charge is -2.11. The summed E-state index contributed by atoms with van der Waals surface area (Å²) in [6.07, 6.45) is 0.930. The van der Waals surface area contributed by atoms with Crippen molar-refractivity contribution in [2.45, 2.75) is 26.8 Å². The van der Waals surface area contributed by atoms with E-state index in [1.165, 1.54) is 15.3 Å². The molecule has 2 rings (SSSR count). The minimum Gasteiger partial charge on any atom is -0.497 e. The normalized spacial score (nSPS) is 11.3. The maximum Gasteiger partial charge on any atom is 0.191 e. The van der Waals surface area contributed by atoms with Gasteiger partial charge in [0.15, 0.2) is 5.96 Å². The third-order valence-corrected chi connectivity index (χ3v) is 4.36. The fraction of sp³-hybridized carbons (Fsp3) is 0.389. The Morgan fingerprint density at radius 3 is 2.78 bits per heavy atom. The molecule has 5 heteroatoms. The van der Waals surface area contributed by atoms with E-state index in [1.807, 2.05) is 12.1 Å². The predicted molar refractivity (Wildman–Crippen MR) is 98.6 cm³/mol. The molecule has 124 valence electrons. The van der Waals surface area contributed by atoms with E-state index in [0.717, 1.165) is 31.2 Å². The molecular weight excluding hydrogens is 306 g/mol. The van der Waals surface area contributed by atoms with Gasteiger partial charge in [0.05, 0.1) is 13.7 Å². The lowest BCUT2D eigenvalue weighted by atomic mass is 10.1. The highest BCUT2D eigenvalue weighted by atomic mass is 32.1. The molecule has 0 radical (unpaired) electrons. The van der Waals surface area contributed by atoms with E-state index in [9.17, 15) is 0 Å². The van der Waals surface area contributed by atoms with Gasteiger partial charge >= 0.3 is 0 Å². The van der Waals surface area contributed by atoms with Crippen molar-refractivity contribution in [1.29, 1.82) is 0 Å². The number of methoxy groups -OCH3 is 1. The number of benzene rings is 1. The maximum absolute atomic E-state index is 5.26. The van der Waals surface area contributed by atoms with Crippen LogP contribution in [-0.4, -0.2) is 26.2 Å². The minimum atomic E-state index is 0.715. The molecule has 0 bridgehead atoms. The zero-order chi connectivity index (χ0) is 16.5. The molecule has 0 saturated heterocycles. The fourth-order valence-corrected chi connectivity index (χ4v) is 3.04. The zero-order valence-corrected chi connectivity index (χ0v) is 14.9. The summed E-state index contributed by atoms with van der Waals surface area (Å²) in [5, 5.41) is 6.67. The summed E-state index contributed by atoms with van der Waals surface area (Å²) in [4.78, 5) is 7.25. The van der Waals surface area contributed by atoms with Crippen LogP contribution in [0.3, 0.4) is 0 Å². The number of thiophene rings is 1. The first-order valence-corrected chi connectivity index (χ1v) is 8.73. The Bertz CT molecular complexity index is 637. The second kappa shape index (κ2) is 9.20. The third kappa shape index (κ3) is 5.94. The minimum absolute atomic E-state index is 0.715. The molecule has 0 aliphatic carbocycles. The number of aliphatic imine (C=N–C) groups is 1. The molecule has 0 amide bonds. The summed E-state index contributed by atoms with van der Waals surface area (Å²) in [5.74, 6) is 1.76. The van der Waals surface area contributed by atoms with Crippen molar-refractivity contribution in [3.8, 4) is 5.75 Å². The van der Waals surface area contributed by atoms with Crippen LogP contribution in [0.25, 0.3) is 0 Å². The molecule has 4 nitrogen and oxygen atoms in total. The number of hydrogen-bond acceptors (Lipinski definition) is 3. The van der Waals surface area contributed by atoms with Crippen molar-refractivity contribution in [2.24, 2.45) is 4.99 Å². The summed E-state index contributed by atoms with van der Waals surface area (Å²) >= 11 is 1.80. The van der Waals surface area contributed by atoms with Gasteiger partial charge in [0, 0.05) is 22.8 Å². The van der Waals surface area contributed by atoms with Gasteiger partial charge in [-0.3, -0.25) is 0 Å². The molecule has 0 aliphatic rings. The van der Waals surface area contributed by atoms with E-state index in [4.69, 9.17) is 4.74 Å². The summed E-state index contributed by atoms with van der Waals surface area (Å²) in [5.41, 5.74) is 1.25. The summed E-state index contributed by atoms with van der Waals surface area (Å²) in [7, 11) is 1.69. The highest BCUT2D eigenvalue weighted by molar-refractivity contribution is 7.11. The number of hydrogen-bond donors (Lipinski definition) is 2. The second-order valence-corrected chi connectivity index (χ2v) is 6.61. The third-order valence-electron chi connectivity index (χ3n) is 3.37. The lowest BCUT2D eigenvalue weighted by Crippen LogP contribution is -2.38. The van der Waals surface area contributed by atoms with Crippen LogP contribution < -0.4 is 15.4 Å². The first-order chi connectivity index (χ1) is 11.2. The highest BCUT2D eigenvalue weighted by Gasteiger charge is 2.00. The Morgan fingerprint density at radius 1 is 1.22 bits per heavy atom. The van der Waals surface area contributed by atoms with Crippen molar-refractivity contribution in [2.75, 3.05) is 20.2 Å². The van der Waals surface area contributed by atoms with Crippen LogP contribution in [0, 0.1) is 6.92 Å². The molecule has 2 N–H and O–H groups in total. The number of aryl methyl sites for hydroxylation is 1. The lowest BCUT2D eigenvalue weighted by molar-refractivity contribution is 0.414. The first kappa shape index (κ1) is 17.3. The average molecular weight is 331 g/mol. The zero-order valence-electron chi connectivity index (χ0n) is 14.1. The van der Waals surface area contributed by atoms with E-state index in [0.29, 0.717) is 6.54 Å². The largest absolute Gasteiger partial charge is 0.497 e. The fourth-order valence-electron chi connectivity index (χ4n) is 2.22. The molecule has 1 aromatic carbocycles. The van der Waals surface area contributed by atoms with Gasteiger partial charge in [-0.25, -0.2) is 4.99 Å². The van der Waals surface area contributed by atoms with Crippen molar-refractivity contribution in [3.63, 3.8) is 0 Å². The van der Waals surface area contributed by atoms with Crippen LogP contribution in [0.2, 0.25) is 0 Å². The molecule has 1 heterocycles. The van der Waals surface area contributed by atoms with Gasteiger partial charge in [-0.15, -0.1) is 11.3 Å². The first-order valence-electron chi connectivity index (χ1n) is 7.91. The monoisotopic (exact) mass is 331 g/mol. The van der Waals surface area contributed by atoms with Crippen molar-refractivity contribution in [3.05, 3.63) is 51.7 Å². The molecule has 0 atom stereocenters. The van der Waals surface area contributed by atoms with Crippen LogP contribution in [0.4, 0.5) is 0 Å². The molecule has 0 unspecified atom stereocenters. The van der Waals surface area contributed by atoms with E-state index >= 15 is 0 Å². The van der Waals surface area contributed by atoms with Gasteiger partial charge in [0.25, 0.3) is 0 Å². The Labute approximate surface area is 142 Å². The van der Waals surface area contributed by atoms with Gasteiger partial charge < -0.3 is 15.4 Å². The SMILES string of the molecule is CCNC(=NCc1ccc(C)s1)NCCc1cccc(OC)c1. The van der Waals surface area contributed by atoms with Crippen LogP contribution in [-0.2, 0) is 13.0 Å². The number of rotatable bonds is 7. The predicted octanol–water partition coefficient (Wildman–Crippen LogP) is 3.36. The Balaban J connectivity index is 1.86. The molecule has 0 spiro atoms. The van der Waals surface area contributed by atoms with E-state index in [2.05, 4.69) is 53.7 Å².